The predicted octanol–water partition coefficient (Wildman–Crippen LogP) is 3.28. The lowest BCUT2D eigenvalue weighted by molar-refractivity contribution is 0.407. The van der Waals surface area contributed by atoms with E-state index in [0.717, 1.165) is 34.6 Å². The lowest BCUT2D eigenvalue weighted by atomic mass is 9.94. The van der Waals surface area contributed by atoms with E-state index in [-0.39, 0.29) is 0 Å². The monoisotopic (exact) mass is 274 g/mol. The van der Waals surface area contributed by atoms with E-state index >= 15 is 0 Å². The highest BCUT2D eigenvalue weighted by molar-refractivity contribution is 5.68. The standard InChI is InChI=1S/C16H22N2O2/c1-10(2)13-8-14(11(3)7-15(13)19-4)16-12(5-6-17)9-18-20-16/h7-10H,5-6,17H2,1-4H3. The Labute approximate surface area is 119 Å². The fourth-order valence-corrected chi connectivity index (χ4v) is 2.39. The summed E-state index contributed by atoms with van der Waals surface area (Å²) in [5.74, 6) is 2.11. The van der Waals surface area contributed by atoms with Crippen molar-refractivity contribution in [2.75, 3.05) is 13.7 Å². The van der Waals surface area contributed by atoms with E-state index in [4.69, 9.17) is 15.0 Å². The van der Waals surface area contributed by atoms with Crippen LogP contribution in [0.25, 0.3) is 11.3 Å². The molecule has 4 heteroatoms. The van der Waals surface area contributed by atoms with E-state index in [1.165, 1.54) is 5.56 Å². The van der Waals surface area contributed by atoms with Crippen LogP contribution >= 0.6 is 0 Å². The van der Waals surface area contributed by atoms with Gasteiger partial charge in [0, 0.05) is 11.1 Å². The molecule has 0 aliphatic heterocycles. The molecule has 1 aromatic heterocycles. The Morgan fingerprint density at radius 1 is 1.35 bits per heavy atom. The van der Waals surface area contributed by atoms with E-state index in [2.05, 4.69) is 38.1 Å². The molecule has 20 heavy (non-hydrogen) atoms. The van der Waals surface area contributed by atoms with Gasteiger partial charge in [0.25, 0.3) is 0 Å². The number of aryl methyl sites for hydroxylation is 1. The molecule has 0 bridgehead atoms. The van der Waals surface area contributed by atoms with Gasteiger partial charge in [-0.3, -0.25) is 0 Å². The quantitative estimate of drug-likeness (QED) is 0.909. The lowest BCUT2D eigenvalue weighted by Crippen LogP contribution is -2.03. The number of rotatable bonds is 5. The topological polar surface area (TPSA) is 61.3 Å². The minimum Gasteiger partial charge on any atom is -0.496 e. The summed E-state index contributed by atoms with van der Waals surface area (Å²) in [6.07, 6.45) is 2.52. The number of methoxy groups -OCH3 is 1. The zero-order valence-corrected chi connectivity index (χ0v) is 12.6. The molecule has 2 N–H and O–H groups in total. The normalized spacial score (nSPS) is 11.1. The molecule has 2 rings (SSSR count). The van der Waals surface area contributed by atoms with E-state index in [0.29, 0.717) is 12.5 Å². The largest absolute Gasteiger partial charge is 0.496 e. The third-order valence-corrected chi connectivity index (χ3v) is 3.50. The Hall–Kier alpha value is -1.81. The highest BCUT2D eigenvalue weighted by Gasteiger charge is 2.17. The third-order valence-electron chi connectivity index (χ3n) is 3.50. The molecule has 0 spiro atoms. The maximum absolute atomic E-state index is 5.64. The molecule has 0 saturated carbocycles. The van der Waals surface area contributed by atoms with Crippen molar-refractivity contribution in [2.45, 2.75) is 33.1 Å². The smallest absolute Gasteiger partial charge is 0.170 e. The van der Waals surface area contributed by atoms with Crippen LogP contribution in [0.5, 0.6) is 5.75 Å². The molecular weight excluding hydrogens is 252 g/mol. The highest BCUT2D eigenvalue weighted by Crippen LogP contribution is 2.35. The molecule has 1 aromatic carbocycles. The van der Waals surface area contributed by atoms with Crippen LogP contribution in [0.2, 0.25) is 0 Å². The van der Waals surface area contributed by atoms with Gasteiger partial charge in [-0.05, 0) is 49.1 Å². The number of nitrogens with zero attached hydrogens (tertiary/aromatic N) is 1. The van der Waals surface area contributed by atoms with Gasteiger partial charge in [-0.2, -0.15) is 0 Å². The van der Waals surface area contributed by atoms with Gasteiger partial charge in [0.1, 0.15) is 5.75 Å². The molecule has 0 aliphatic carbocycles. The van der Waals surface area contributed by atoms with Crippen LogP contribution in [0.4, 0.5) is 0 Å². The Morgan fingerprint density at radius 2 is 2.10 bits per heavy atom. The van der Waals surface area contributed by atoms with E-state index in [1.54, 1.807) is 13.3 Å². The molecular formula is C16H22N2O2. The van der Waals surface area contributed by atoms with Crippen LogP contribution in [0.1, 0.15) is 36.5 Å². The first-order valence-electron chi connectivity index (χ1n) is 6.91. The predicted molar refractivity (Wildman–Crippen MR) is 80.1 cm³/mol. The first-order chi connectivity index (χ1) is 9.58. The fourth-order valence-electron chi connectivity index (χ4n) is 2.39. The van der Waals surface area contributed by atoms with Crippen LogP contribution in [0.15, 0.2) is 22.9 Å². The maximum Gasteiger partial charge on any atom is 0.170 e. The molecule has 0 saturated heterocycles. The lowest BCUT2D eigenvalue weighted by Gasteiger charge is -2.15. The van der Waals surface area contributed by atoms with Crippen molar-refractivity contribution >= 4 is 0 Å². The van der Waals surface area contributed by atoms with Crippen molar-refractivity contribution in [2.24, 2.45) is 5.73 Å². The number of aromatic nitrogens is 1. The minimum atomic E-state index is 0.380. The third kappa shape index (κ3) is 2.70. The number of nitrogens with two attached hydrogens (primary N) is 1. The molecule has 0 fully saturated rings. The van der Waals surface area contributed by atoms with Gasteiger partial charge < -0.3 is 15.0 Å². The summed E-state index contributed by atoms with van der Waals surface area (Å²) >= 11 is 0. The first kappa shape index (κ1) is 14.6. The highest BCUT2D eigenvalue weighted by atomic mass is 16.5. The summed E-state index contributed by atoms with van der Waals surface area (Å²) in [6, 6.07) is 4.19. The van der Waals surface area contributed by atoms with Crippen molar-refractivity contribution in [1.82, 2.24) is 5.16 Å². The molecule has 108 valence electrons. The van der Waals surface area contributed by atoms with Crippen LogP contribution in [0.3, 0.4) is 0 Å². The summed E-state index contributed by atoms with van der Waals surface area (Å²) in [5, 5.41) is 3.91. The molecule has 2 aromatic rings. The molecule has 0 atom stereocenters. The number of hydrogen-bond donors (Lipinski definition) is 1. The van der Waals surface area contributed by atoms with Gasteiger partial charge in [0.15, 0.2) is 5.76 Å². The fraction of sp³-hybridized carbons (Fsp3) is 0.438. The minimum absolute atomic E-state index is 0.380. The molecule has 1 heterocycles. The Morgan fingerprint density at radius 3 is 2.70 bits per heavy atom. The second kappa shape index (κ2) is 6.09. The Bertz CT molecular complexity index is 588. The van der Waals surface area contributed by atoms with Crippen LogP contribution in [-0.2, 0) is 6.42 Å². The SMILES string of the molecule is COc1cc(C)c(-c2oncc2CCN)cc1C(C)C. The summed E-state index contributed by atoms with van der Waals surface area (Å²) in [5.41, 5.74) is 10.0. The van der Waals surface area contributed by atoms with Crippen LogP contribution in [0, 0.1) is 6.92 Å². The van der Waals surface area contributed by atoms with Crippen molar-refractivity contribution in [3.8, 4) is 17.1 Å². The second-order valence-electron chi connectivity index (χ2n) is 5.28. The average molecular weight is 274 g/mol. The summed E-state index contributed by atoms with van der Waals surface area (Å²) in [6.45, 7) is 6.94. The first-order valence-corrected chi connectivity index (χ1v) is 6.91. The van der Waals surface area contributed by atoms with E-state index in [9.17, 15) is 0 Å². The van der Waals surface area contributed by atoms with Gasteiger partial charge in [-0.1, -0.05) is 19.0 Å². The van der Waals surface area contributed by atoms with Crippen molar-refractivity contribution in [3.63, 3.8) is 0 Å². The van der Waals surface area contributed by atoms with Crippen LogP contribution in [-0.4, -0.2) is 18.8 Å². The number of hydrogen-bond acceptors (Lipinski definition) is 4. The summed E-state index contributed by atoms with van der Waals surface area (Å²) in [4.78, 5) is 0. The average Bonchev–Trinajstić information content (AvgIpc) is 2.86. The number of benzene rings is 1. The Kier molecular flexibility index (Phi) is 4.45. The van der Waals surface area contributed by atoms with Gasteiger partial charge in [-0.15, -0.1) is 0 Å². The molecule has 0 radical (unpaired) electrons. The molecule has 0 aliphatic rings. The van der Waals surface area contributed by atoms with Crippen LogP contribution < -0.4 is 10.5 Å². The Balaban J connectivity index is 2.56. The van der Waals surface area contributed by atoms with Crippen molar-refractivity contribution < 1.29 is 9.26 Å². The van der Waals surface area contributed by atoms with Gasteiger partial charge >= 0.3 is 0 Å². The van der Waals surface area contributed by atoms with Gasteiger partial charge in [-0.25, -0.2) is 0 Å². The van der Waals surface area contributed by atoms with Gasteiger partial charge in [0.2, 0.25) is 0 Å². The molecule has 0 amide bonds. The van der Waals surface area contributed by atoms with Gasteiger partial charge in [0.05, 0.1) is 13.3 Å². The molecule has 0 unspecified atom stereocenters. The van der Waals surface area contributed by atoms with E-state index < -0.39 is 0 Å². The zero-order valence-electron chi connectivity index (χ0n) is 12.6. The van der Waals surface area contributed by atoms with Crippen molar-refractivity contribution in [1.29, 1.82) is 0 Å². The molecule has 4 nitrogen and oxygen atoms in total. The second-order valence-corrected chi connectivity index (χ2v) is 5.28. The summed E-state index contributed by atoms with van der Waals surface area (Å²) < 4.78 is 10.9. The maximum atomic E-state index is 5.64. The van der Waals surface area contributed by atoms with Crippen molar-refractivity contribution in [3.05, 3.63) is 35.0 Å². The number of ether oxygens (including phenoxy) is 1. The van der Waals surface area contributed by atoms with E-state index in [1.807, 2.05) is 0 Å². The summed E-state index contributed by atoms with van der Waals surface area (Å²) in [7, 11) is 1.70. The zero-order chi connectivity index (χ0) is 14.7.